The number of amides is 1. The summed E-state index contributed by atoms with van der Waals surface area (Å²) < 4.78 is 0. The molecule has 0 aromatic rings. The Hall–Kier alpha value is -0.570. The molecule has 1 heterocycles. The average Bonchev–Trinajstić information content (AvgIpc) is 2.73. The van der Waals surface area contributed by atoms with Crippen LogP contribution in [0.3, 0.4) is 0 Å². The molecule has 1 unspecified atom stereocenters. The maximum absolute atomic E-state index is 12.0. The van der Waals surface area contributed by atoms with Crippen LogP contribution in [0.25, 0.3) is 0 Å². The molecule has 0 aromatic carbocycles. The number of rotatable bonds is 3. The van der Waals surface area contributed by atoms with E-state index in [9.17, 15) is 4.79 Å². The largest absolute Gasteiger partial charge is 0.356 e. The molecule has 2 aliphatic rings. The summed E-state index contributed by atoms with van der Waals surface area (Å²) in [6, 6.07) is 0. The van der Waals surface area contributed by atoms with Gasteiger partial charge in [-0.15, -0.1) is 0 Å². The van der Waals surface area contributed by atoms with Crippen LogP contribution in [0, 0.1) is 17.8 Å². The minimum Gasteiger partial charge on any atom is -0.356 e. The lowest BCUT2D eigenvalue weighted by atomic mass is 9.82. The number of likely N-dealkylation sites (tertiary alicyclic amines) is 1. The van der Waals surface area contributed by atoms with Crippen molar-refractivity contribution in [1.82, 2.24) is 10.2 Å². The highest BCUT2D eigenvalue weighted by atomic mass is 16.1. The lowest BCUT2D eigenvalue weighted by Crippen LogP contribution is -2.36. The standard InChI is InChI=1S/C14H26N2O/c1-11-3-5-13(6-4-11)14(17)15-9-12-7-8-16(2)10-12/h11-13H,3-10H2,1-2H3,(H,15,17). The van der Waals surface area contributed by atoms with E-state index in [1.807, 2.05) is 0 Å². The first-order chi connectivity index (χ1) is 8.15. The zero-order chi connectivity index (χ0) is 12.3. The lowest BCUT2D eigenvalue weighted by Gasteiger charge is -2.25. The molecule has 1 N–H and O–H groups in total. The second-order valence-electron chi connectivity index (χ2n) is 6.12. The van der Waals surface area contributed by atoms with Gasteiger partial charge in [0.15, 0.2) is 0 Å². The Kier molecular flexibility index (Phi) is 4.43. The van der Waals surface area contributed by atoms with E-state index in [4.69, 9.17) is 0 Å². The van der Waals surface area contributed by atoms with E-state index in [2.05, 4.69) is 24.2 Å². The Morgan fingerprint density at radius 2 is 1.94 bits per heavy atom. The summed E-state index contributed by atoms with van der Waals surface area (Å²) in [4.78, 5) is 14.4. The minimum atomic E-state index is 0.297. The van der Waals surface area contributed by atoms with Crippen molar-refractivity contribution in [3.05, 3.63) is 0 Å². The first-order valence-electron chi connectivity index (χ1n) is 7.11. The van der Waals surface area contributed by atoms with Gasteiger partial charge in [0, 0.05) is 19.0 Å². The van der Waals surface area contributed by atoms with Gasteiger partial charge in [0.25, 0.3) is 0 Å². The van der Waals surface area contributed by atoms with E-state index in [1.54, 1.807) is 0 Å². The molecule has 0 aromatic heterocycles. The fourth-order valence-electron chi connectivity index (χ4n) is 3.10. The van der Waals surface area contributed by atoms with E-state index < -0.39 is 0 Å². The predicted molar refractivity (Wildman–Crippen MR) is 69.7 cm³/mol. The number of hydrogen-bond acceptors (Lipinski definition) is 2. The van der Waals surface area contributed by atoms with Gasteiger partial charge in [-0.2, -0.15) is 0 Å². The van der Waals surface area contributed by atoms with Crippen molar-refractivity contribution in [3.63, 3.8) is 0 Å². The molecular weight excluding hydrogens is 212 g/mol. The van der Waals surface area contributed by atoms with Crippen LogP contribution < -0.4 is 5.32 Å². The lowest BCUT2D eigenvalue weighted by molar-refractivity contribution is -0.126. The third-order valence-electron chi connectivity index (χ3n) is 4.44. The zero-order valence-corrected chi connectivity index (χ0v) is 11.2. The quantitative estimate of drug-likeness (QED) is 0.814. The van der Waals surface area contributed by atoms with Gasteiger partial charge in [-0.1, -0.05) is 6.92 Å². The highest BCUT2D eigenvalue weighted by Crippen LogP contribution is 2.28. The normalized spacial score (nSPS) is 34.8. The third kappa shape index (κ3) is 3.70. The Bertz CT molecular complexity index is 259. The van der Waals surface area contributed by atoms with E-state index in [0.29, 0.717) is 17.7 Å². The van der Waals surface area contributed by atoms with Crippen molar-refractivity contribution in [2.45, 2.75) is 39.0 Å². The highest BCUT2D eigenvalue weighted by Gasteiger charge is 2.25. The number of nitrogens with zero attached hydrogens (tertiary/aromatic N) is 1. The molecule has 1 amide bonds. The summed E-state index contributed by atoms with van der Waals surface area (Å²) in [5.74, 6) is 2.10. The third-order valence-corrected chi connectivity index (χ3v) is 4.44. The molecule has 2 rings (SSSR count). The molecule has 1 aliphatic heterocycles. The van der Waals surface area contributed by atoms with Gasteiger partial charge in [0.2, 0.25) is 5.91 Å². The minimum absolute atomic E-state index is 0.297. The van der Waals surface area contributed by atoms with Crippen LogP contribution in [0.2, 0.25) is 0 Å². The van der Waals surface area contributed by atoms with Crippen LogP contribution in [-0.4, -0.2) is 37.5 Å². The first-order valence-corrected chi connectivity index (χ1v) is 7.11. The van der Waals surface area contributed by atoms with Crippen molar-refractivity contribution in [3.8, 4) is 0 Å². The van der Waals surface area contributed by atoms with Gasteiger partial charge in [0.05, 0.1) is 0 Å². The molecule has 1 aliphatic carbocycles. The molecule has 1 saturated heterocycles. The van der Waals surface area contributed by atoms with Gasteiger partial charge in [0.1, 0.15) is 0 Å². The Balaban J connectivity index is 1.67. The van der Waals surface area contributed by atoms with Crippen molar-refractivity contribution in [2.24, 2.45) is 17.8 Å². The smallest absolute Gasteiger partial charge is 0.223 e. The monoisotopic (exact) mass is 238 g/mol. The van der Waals surface area contributed by atoms with Crippen LogP contribution >= 0.6 is 0 Å². The molecule has 17 heavy (non-hydrogen) atoms. The SMILES string of the molecule is CC1CCC(C(=O)NCC2CCN(C)C2)CC1. The molecule has 98 valence electrons. The van der Waals surface area contributed by atoms with Crippen molar-refractivity contribution < 1.29 is 4.79 Å². The maximum Gasteiger partial charge on any atom is 0.223 e. The van der Waals surface area contributed by atoms with Crippen molar-refractivity contribution >= 4 is 5.91 Å². The van der Waals surface area contributed by atoms with Gasteiger partial charge in [-0.05, 0) is 57.5 Å². The average molecular weight is 238 g/mol. The zero-order valence-electron chi connectivity index (χ0n) is 11.2. The fraction of sp³-hybridized carbons (Fsp3) is 0.929. The number of carbonyl (C=O) groups is 1. The van der Waals surface area contributed by atoms with Crippen LogP contribution in [-0.2, 0) is 4.79 Å². The number of hydrogen-bond donors (Lipinski definition) is 1. The van der Waals surface area contributed by atoms with Gasteiger partial charge in [-0.3, -0.25) is 4.79 Å². The predicted octanol–water partition coefficient (Wildman–Crippen LogP) is 1.88. The summed E-state index contributed by atoms with van der Waals surface area (Å²) in [6.07, 6.45) is 5.88. The molecule has 0 bridgehead atoms. The molecule has 1 atom stereocenters. The first kappa shape index (κ1) is 12.9. The van der Waals surface area contributed by atoms with Gasteiger partial charge < -0.3 is 10.2 Å². The van der Waals surface area contributed by atoms with E-state index >= 15 is 0 Å². The summed E-state index contributed by atoms with van der Waals surface area (Å²) in [6.45, 7) is 5.50. The van der Waals surface area contributed by atoms with Gasteiger partial charge >= 0.3 is 0 Å². The van der Waals surface area contributed by atoms with E-state index in [0.717, 1.165) is 31.8 Å². The summed E-state index contributed by atoms with van der Waals surface area (Å²) in [5.41, 5.74) is 0. The molecule has 3 heteroatoms. The van der Waals surface area contributed by atoms with Gasteiger partial charge in [-0.25, -0.2) is 0 Å². The Morgan fingerprint density at radius 3 is 2.53 bits per heavy atom. The second-order valence-corrected chi connectivity index (χ2v) is 6.12. The summed E-state index contributed by atoms with van der Waals surface area (Å²) in [5, 5.41) is 3.16. The number of carbonyl (C=O) groups excluding carboxylic acids is 1. The van der Waals surface area contributed by atoms with Crippen molar-refractivity contribution in [1.29, 1.82) is 0 Å². The summed E-state index contributed by atoms with van der Waals surface area (Å²) in [7, 11) is 2.16. The highest BCUT2D eigenvalue weighted by molar-refractivity contribution is 5.78. The number of nitrogens with one attached hydrogen (secondary N) is 1. The van der Waals surface area contributed by atoms with Crippen LogP contribution in [0.4, 0.5) is 0 Å². The van der Waals surface area contributed by atoms with E-state index in [-0.39, 0.29) is 0 Å². The molecule has 0 radical (unpaired) electrons. The molecule has 0 spiro atoms. The van der Waals surface area contributed by atoms with E-state index in [1.165, 1.54) is 25.8 Å². The molecule has 2 fully saturated rings. The topological polar surface area (TPSA) is 32.3 Å². The summed E-state index contributed by atoms with van der Waals surface area (Å²) >= 11 is 0. The second kappa shape index (κ2) is 5.85. The Morgan fingerprint density at radius 1 is 1.24 bits per heavy atom. The van der Waals surface area contributed by atoms with Crippen molar-refractivity contribution in [2.75, 3.05) is 26.7 Å². The maximum atomic E-state index is 12.0. The molecule has 3 nitrogen and oxygen atoms in total. The molecule has 1 saturated carbocycles. The fourth-order valence-corrected chi connectivity index (χ4v) is 3.10. The molecular formula is C14H26N2O. The van der Waals surface area contributed by atoms with Crippen LogP contribution in [0.15, 0.2) is 0 Å². The van der Waals surface area contributed by atoms with Crippen LogP contribution in [0.5, 0.6) is 0 Å². The Labute approximate surface area is 105 Å². The van der Waals surface area contributed by atoms with Crippen LogP contribution in [0.1, 0.15) is 39.0 Å².